The summed E-state index contributed by atoms with van der Waals surface area (Å²) in [7, 11) is 0. The van der Waals surface area contributed by atoms with Crippen LogP contribution >= 0.6 is 0 Å². The summed E-state index contributed by atoms with van der Waals surface area (Å²) in [5.41, 5.74) is 0.676. The molecule has 3 aromatic carbocycles. The molecule has 1 aliphatic rings. The first-order valence-corrected chi connectivity index (χ1v) is 10.1. The lowest BCUT2D eigenvalue weighted by atomic mass is 9.79. The Morgan fingerprint density at radius 2 is 1.52 bits per heavy atom. The Hall–Kier alpha value is -3.73. The molecular formula is C26H23NO4. The third-order valence-electron chi connectivity index (χ3n) is 5.59. The van der Waals surface area contributed by atoms with Gasteiger partial charge in [-0.2, -0.15) is 0 Å². The molecule has 0 aromatic heterocycles. The number of Topliss-reactive ketones (excluding diaryl/α,β-unsaturated/α-hetero) is 2. The molecule has 5 heteroatoms. The van der Waals surface area contributed by atoms with Crippen LogP contribution in [0.3, 0.4) is 0 Å². The molecule has 0 saturated heterocycles. The number of carbonyl (C=O) groups is 3. The van der Waals surface area contributed by atoms with Crippen LogP contribution in [0.2, 0.25) is 0 Å². The van der Waals surface area contributed by atoms with Crippen molar-refractivity contribution in [1.29, 1.82) is 0 Å². The van der Waals surface area contributed by atoms with Crippen molar-refractivity contribution < 1.29 is 19.5 Å². The minimum absolute atomic E-state index is 0.0913. The highest BCUT2D eigenvalue weighted by atomic mass is 16.3. The number of aliphatic hydroxyl groups is 1. The molecule has 3 aromatic rings. The summed E-state index contributed by atoms with van der Waals surface area (Å²) in [5, 5.41) is 15.6. The van der Waals surface area contributed by atoms with Crippen LogP contribution in [-0.4, -0.2) is 29.1 Å². The molecule has 0 bridgehead atoms. The first-order valence-electron chi connectivity index (χ1n) is 10.1. The van der Waals surface area contributed by atoms with Crippen molar-refractivity contribution in [2.24, 2.45) is 5.41 Å². The van der Waals surface area contributed by atoms with Crippen LogP contribution in [0.25, 0.3) is 16.5 Å². The monoisotopic (exact) mass is 413 g/mol. The van der Waals surface area contributed by atoms with E-state index in [0.717, 1.165) is 10.8 Å². The number of fused-ring (bicyclic) bond motifs is 2. The van der Waals surface area contributed by atoms with Crippen molar-refractivity contribution in [2.75, 3.05) is 6.54 Å². The Morgan fingerprint density at radius 1 is 0.871 bits per heavy atom. The van der Waals surface area contributed by atoms with Crippen LogP contribution in [0, 0.1) is 5.41 Å². The second-order valence-corrected chi connectivity index (χ2v) is 8.62. The topological polar surface area (TPSA) is 83.5 Å². The fourth-order valence-corrected chi connectivity index (χ4v) is 3.87. The Kier molecular flexibility index (Phi) is 5.19. The van der Waals surface area contributed by atoms with E-state index in [-0.39, 0.29) is 35.8 Å². The van der Waals surface area contributed by atoms with E-state index in [2.05, 4.69) is 5.32 Å². The predicted octanol–water partition coefficient (Wildman–Crippen LogP) is 4.72. The SMILES string of the molecule is CC(C)(CNC(=O)c1ccc2ccccc2c1)CC1=C(O)c2ccccc2C(=O)C1=O. The molecule has 0 fully saturated rings. The van der Waals surface area contributed by atoms with Crippen molar-refractivity contribution >= 4 is 34.0 Å². The molecule has 0 unspecified atom stereocenters. The van der Waals surface area contributed by atoms with Gasteiger partial charge >= 0.3 is 0 Å². The first kappa shape index (κ1) is 20.5. The van der Waals surface area contributed by atoms with Gasteiger partial charge in [-0.15, -0.1) is 0 Å². The summed E-state index contributed by atoms with van der Waals surface area (Å²) in [5.74, 6) is -1.67. The number of hydrogen-bond acceptors (Lipinski definition) is 4. The molecule has 31 heavy (non-hydrogen) atoms. The summed E-state index contributed by atoms with van der Waals surface area (Å²) < 4.78 is 0. The van der Waals surface area contributed by atoms with Gasteiger partial charge in [0, 0.05) is 28.8 Å². The predicted molar refractivity (Wildman–Crippen MR) is 120 cm³/mol. The van der Waals surface area contributed by atoms with Crippen LogP contribution < -0.4 is 5.32 Å². The molecule has 0 spiro atoms. The normalized spacial score (nSPS) is 14.0. The molecular weight excluding hydrogens is 390 g/mol. The molecule has 0 heterocycles. The van der Waals surface area contributed by atoms with E-state index < -0.39 is 17.0 Å². The van der Waals surface area contributed by atoms with Gasteiger partial charge in [0.05, 0.1) is 0 Å². The zero-order valence-electron chi connectivity index (χ0n) is 17.4. The van der Waals surface area contributed by atoms with Gasteiger partial charge in [0.15, 0.2) is 0 Å². The highest BCUT2D eigenvalue weighted by Gasteiger charge is 2.35. The lowest BCUT2D eigenvalue weighted by molar-refractivity contribution is -0.112. The molecule has 1 aliphatic carbocycles. The Labute approximate surface area is 180 Å². The van der Waals surface area contributed by atoms with E-state index in [1.807, 2.05) is 50.2 Å². The van der Waals surface area contributed by atoms with Gasteiger partial charge < -0.3 is 10.4 Å². The lowest BCUT2D eigenvalue weighted by Crippen LogP contribution is -2.36. The standard InChI is InChI=1S/C26H23NO4/c1-26(2,14-21-22(28)19-9-5-6-10-20(19)23(29)24(21)30)15-27-25(31)18-12-11-16-7-3-4-8-17(16)13-18/h3-13,28H,14-15H2,1-2H3,(H,27,31). The highest BCUT2D eigenvalue weighted by Crippen LogP contribution is 2.34. The van der Waals surface area contributed by atoms with Crippen molar-refractivity contribution in [3.05, 3.63) is 89.0 Å². The van der Waals surface area contributed by atoms with E-state index in [1.54, 1.807) is 24.3 Å². The Bertz CT molecular complexity index is 1250. The van der Waals surface area contributed by atoms with E-state index in [0.29, 0.717) is 11.1 Å². The van der Waals surface area contributed by atoms with Gasteiger partial charge in [0.2, 0.25) is 11.6 Å². The average molecular weight is 413 g/mol. The Balaban J connectivity index is 1.50. The molecule has 156 valence electrons. The number of aliphatic hydroxyl groups excluding tert-OH is 1. The Morgan fingerprint density at radius 3 is 2.26 bits per heavy atom. The highest BCUT2D eigenvalue weighted by molar-refractivity contribution is 6.52. The molecule has 0 aliphatic heterocycles. The maximum absolute atomic E-state index is 12.7. The molecule has 5 nitrogen and oxygen atoms in total. The second kappa shape index (κ2) is 7.84. The summed E-state index contributed by atoms with van der Waals surface area (Å²) in [4.78, 5) is 37.7. The fraction of sp³-hybridized carbons (Fsp3) is 0.192. The van der Waals surface area contributed by atoms with E-state index in [9.17, 15) is 19.5 Å². The van der Waals surface area contributed by atoms with Gasteiger partial charge in [-0.1, -0.05) is 68.4 Å². The maximum atomic E-state index is 12.7. The van der Waals surface area contributed by atoms with Gasteiger partial charge in [0.25, 0.3) is 5.91 Å². The number of amides is 1. The smallest absolute Gasteiger partial charge is 0.251 e. The molecule has 1 amide bonds. The van der Waals surface area contributed by atoms with Gasteiger partial charge in [-0.25, -0.2) is 0 Å². The number of carbonyl (C=O) groups excluding carboxylic acids is 3. The van der Waals surface area contributed by atoms with Crippen LogP contribution in [-0.2, 0) is 4.79 Å². The third kappa shape index (κ3) is 3.99. The van der Waals surface area contributed by atoms with Crippen LogP contribution in [0.5, 0.6) is 0 Å². The maximum Gasteiger partial charge on any atom is 0.251 e. The minimum atomic E-state index is -0.690. The summed E-state index contributed by atoms with van der Waals surface area (Å²) >= 11 is 0. The van der Waals surface area contributed by atoms with Crippen molar-refractivity contribution in [3.63, 3.8) is 0 Å². The molecule has 0 radical (unpaired) electrons. The molecule has 2 N–H and O–H groups in total. The zero-order chi connectivity index (χ0) is 22.2. The fourth-order valence-electron chi connectivity index (χ4n) is 3.87. The van der Waals surface area contributed by atoms with Crippen molar-refractivity contribution in [2.45, 2.75) is 20.3 Å². The van der Waals surface area contributed by atoms with Crippen LogP contribution in [0.15, 0.2) is 72.3 Å². The average Bonchev–Trinajstić information content (AvgIpc) is 2.78. The zero-order valence-corrected chi connectivity index (χ0v) is 17.4. The van der Waals surface area contributed by atoms with E-state index in [1.165, 1.54) is 6.07 Å². The van der Waals surface area contributed by atoms with Gasteiger partial charge in [0.1, 0.15) is 5.76 Å². The largest absolute Gasteiger partial charge is 0.507 e. The summed E-state index contributed by atoms with van der Waals surface area (Å²) in [6.07, 6.45) is 0.162. The third-order valence-corrected chi connectivity index (χ3v) is 5.59. The summed E-state index contributed by atoms with van der Waals surface area (Å²) in [6, 6.07) is 19.9. The molecule has 0 atom stereocenters. The van der Waals surface area contributed by atoms with Crippen molar-refractivity contribution in [1.82, 2.24) is 5.32 Å². The van der Waals surface area contributed by atoms with Gasteiger partial charge in [-0.3, -0.25) is 14.4 Å². The second-order valence-electron chi connectivity index (χ2n) is 8.62. The number of ketones is 2. The van der Waals surface area contributed by atoms with E-state index >= 15 is 0 Å². The number of hydrogen-bond donors (Lipinski definition) is 2. The number of allylic oxidation sites excluding steroid dienone is 1. The molecule has 4 rings (SSSR count). The number of benzene rings is 3. The first-order chi connectivity index (χ1) is 14.8. The minimum Gasteiger partial charge on any atom is -0.507 e. The van der Waals surface area contributed by atoms with Gasteiger partial charge in [-0.05, 0) is 34.7 Å². The van der Waals surface area contributed by atoms with Crippen LogP contribution in [0.1, 0.15) is 46.5 Å². The number of nitrogens with one attached hydrogen (secondary N) is 1. The lowest BCUT2D eigenvalue weighted by Gasteiger charge is -2.28. The summed E-state index contributed by atoms with van der Waals surface area (Å²) in [6.45, 7) is 4.04. The number of rotatable bonds is 5. The van der Waals surface area contributed by atoms with Crippen molar-refractivity contribution in [3.8, 4) is 0 Å². The molecule has 0 saturated carbocycles. The van der Waals surface area contributed by atoms with E-state index in [4.69, 9.17) is 0 Å². The van der Waals surface area contributed by atoms with Crippen LogP contribution in [0.4, 0.5) is 0 Å². The quantitative estimate of drug-likeness (QED) is 0.593.